The van der Waals surface area contributed by atoms with E-state index >= 15 is 0 Å². The molecule has 0 amide bonds. The van der Waals surface area contributed by atoms with E-state index in [9.17, 15) is 0 Å². The summed E-state index contributed by atoms with van der Waals surface area (Å²) in [4.78, 5) is 0. The third-order valence-electron chi connectivity index (χ3n) is 1.78. The molecule has 0 bridgehead atoms. The maximum Gasteiger partial charge on any atom is 4.00 e. The smallest absolute Gasteiger partial charge is 1.00 e. The van der Waals surface area contributed by atoms with Gasteiger partial charge in [0.15, 0.2) is 0 Å². The molecule has 1 aromatic rings. The SMILES string of the molecule is [C-]1=CC=CC1.[C-]1=CC=CC1.[Cl-].[Hf+4].[c-]1ccccc1. The van der Waals surface area contributed by atoms with E-state index in [0.717, 1.165) is 12.8 Å². The molecule has 0 N–H and O–H groups in total. The quantitative estimate of drug-likeness (QED) is 0.435. The largest absolute Gasteiger partial charge is 4.00 e. The second-order valence-corrected chi connectivity index (χ2v) is 3.08. The summed E-state index contributed by atoms with van der Waals surface area (Å²) in [6.07, 6.45) is 20.0. The summed E-state index contributed by atoms with van der Waals surface area (Å²) < 4.78 is 0. The van der Waals surface area contributed by atoms with E-state index in [4.69, 9.17) is 0 Å². The minimum absolute atomic E-state index is 0. The fraction of sp³-hybridized carbons (Fsp3) is 0.125. The first-order valence-corrected chi connectivity index (χ1v) is 5.34. The fourth-order valence-electron chi connectivity index (χ4n) is 1.02. The maximum atomic E-state index is 2.99. The molecule has 18 heavy (non-hydrogen) atoms. The van der Waals surface area contributed by atoms with Gasteiger partial charge in [0.25, 0.3) is 0 Å². The Balaban J connectivity index is 0. The number of hydrogen-bond donors (Lipinski definition) is 0. The van der Waals surface area contributed by atoms with Crippen LogP contribution in [-0.4, -0.2) is 0 Å². The average molecular weight is 421 g/mol. The molecule has 0 fully saturated rings. The molecule has 0 aromatic heterocycles. The topological polar surface area (TPSA) is 0 Å². The summed E-state index contributed by atoms with van der Waals surface area (Å²) in [6.45, 7) is 0. The van der Waals surface area contributed by atoms with Crippen LogP contribution in [0.4, 0.5) is 0 Å². The van der Waals surface area contributed by atoms with Crippen molar-refractivity contribution in [2.24, 2.45) is 0 Å². The molecule has 1 aromatic carbocycles. The third-order valence-corrected chi connectivity index (χ3v) is 1.78. The van der Waals surface area contributed by atoms with E-state index in [1.165, 1.54) is 0 Å². The Bertz CT molecular complexity index is 295. The van der Waals surface area contributed by atoms with Crippen molar-refractivity contribution in [1.82, 2.24) is 0 Å². The predicted octanol–water partition coefficient (Wildman–Crippen LogP) is 1.10. The second kappa shape index (κ2) is 16.3. The zero-order valence-corrected chi connectivity index (χ0v) is 14.5. The molecule has 2 aliphatic carbocycles. The molecule has 0 atom stereocenters. The first-order valence-electron chi connectivity index (χ1n) is 5.34. The molecule has 0 nitrogen and oxygen atoms in total. The van der Waals surface area contributed by atoms with Crippen molar-refractivity contribution in [3.05, 3.63) is 85.0 Å². The molecule has 0 saturated heterocycles. The number of benzene rings is 1. The van der Waals surface area contributed by atoms with Crippen LogP contribution in [0.1, 0.15) is 12.8 Å². The van der Waals surface area contributed by atoms with Crippen LogP contribution in [0.15, 0.2) is 66.8 Å². The van der Waals surface area contributed by atoms with Gasteiger partial charge in [0.05, 0.1) is 0 Å². The van der Waals surface area contributed by atoms with Crippen LogP contribution in [0.5, 0.6) is 0 Å². The second-order valence-electron chi connectivity index (χ2n) is 3.08. The summed E-state index contributed by atoms with van der Waals surface area (Å²) in [7, 11) is 0. The molecule has 0 saturated carbocycles. The van der Waals surface area contributed by atoms with Crippen molar-refractivity contribution in [3.8, 4) is 0 Å². The Morgan fingerprint density at radius 2 is 1.22 bits per heavy atom. The van der Waals surface area contributed by atoms with Gasteiger partial charge in [-0.3, -0.25) is 12.2 Å². The minimum atomic E-state index is 0. The van der Waals surface area contributed by atoms with Crippen LogP contribution in [0.25, 0.3) is 0 Å². The summed E-state index contributed by atoms with van der Waals surface area (Å²) in [5.74, 6) is 0. The first-order chi connectivity index (χ1) is 8.00. The van der Waals surface area contributed by atoms with Crippen molar-refractivity contribution in [2.75, 3.05) is 0 Å². The summed E-state index contributed by atoms with van der Waals surface area (Å²) in [5, 5.41) is 0. The Hall–Kier alpha value is -0.660. The van der Waals surface area contributed by atoms with Crippen molar-refractivity contribution >= 4 is 0 Å². The number of rotatable bonds is 0. The van der Waals surface area contributed by atoms with Gasteiger partial charge in [-0.1, -0.05) is 0 Å². The van der Waals surface area contributed by atoms with Gasteiger partial charge in [0.1, 0.15) is 0 Å². The van der Waals surface area contributed by atoms with E-state index in [2.05, 4.69) is 30.4 Å². The van der Waals surface area contributed by atoms with Crippen LogP contribution in [0, 0.1) is 18.2 Å². The van der Waals surface area contributed by atoms with Gasteiger partial charge in [-0.25, -0.2) is 24.3 Å². The molecule has 0 aliphatic heterocycles. The van der Waals surface area contributed by atoms with E-state index in [1.54, 1.807) is 0 Å². The minimum Gasteiger partial charge on any atom is -1.00 e. The monoisotopic (exact) mass is 422 g/mol. The Labute approximate surface area is 135 Å². The van der Waals surface area contributed by atoms with Gasteiger partial charge >= 0.3 is 25.8 Å². The number of hydrogen-bond acceptors (Lipinski definition) is 0. The van der Waals surface area contributed by atoms with Crippen LogP contribution in [0.2, 0.25) is 0 Å². The molecule has 2 aliphatic rings. The van der Waals surface area contributed by atoms with E-state index in [-0.39, 0.29) is 38.3 Å². The number of halogens is 1. The number of allylic oxidation sites excluding steroid dienone is 8. The fourth-order valence-corrected chi connectivity index (χ4v) is 1.02. The molecule has 0 unspecified atom stereocenters. The Kier molecular flexibility index (Phi) is 17.9. The van der Waals surface area contributed by atoms with Gasteiger partial charge in [-0.15, -0.1) is 12.8 Å². The van der Waals surface area contributed by atoms with Crippen molar-refractivity contribution in [2.45, 2.75) is 12.8 Å². The van der Waals surface area contributed by atoms with Gasteiger partial charge in [0.2, 0.25) is 0 Å². The van der Waals surface area contributed by atoms with Crippen LogP contribution < -0.4 is 12.4 Å². The molecule has 0 radical (unpaired) electrons. The molecule has 90 valence electrons. The maximum absolute atomic E-state index is 2.99. The first kappa shape index (κ1) is 19.7. The Morgan fingerprint density at radius 1 is 0.722 bits per heavy atom. The molecule has 2 heteroatoms. The summed E-state index contributed by atoms with van der Waals surface area (Å²) >= 11 is 0. The summed E-state index contributed by atoms with van der Waals surface area (Å²) in [6, 6.07) is 12.5. The van der Waals surface area contributed by atoms with Crippen molar-refractivity contribution in [3.63, 3.8) is 0 Å². The normalized spacial score (nSPS) is 12.4. The molecular weight excluding hydrogens is 406 g/mol. The van der Waals surface area contributed by atoms with Crippen LogP contribution in [0.3, 0.4) is 0 Å². The third kappa shape index (κ3) is 13.4. The van der Waals surface area contributed by atoms with Gasteiger partial charge in [-0.2, -0.15) is 48.6 Å². The van der Waals surface area contributed by atoms with Crippen molar-refractivity contribution in [1.29, 1.82) is 0 Å². The van der Waals surface area contributed by atoms with E-state index < -0.39 is 0 Å². The van der Waals surface area contributed by atoms with Crippen LogP contribution in [-0.2, 0) is 25.8 Å². The molecule has 3 rings (SSSR count). The standard InChI is InChI=1S/C6H5.2C5H5.ClH.Hf/c1-2-4-6-5-3-1;2*1-2-4-5-3-1;;/h1-5H;2*1-3H,4H2;1H;/q3*-1;;+4/p-1. The Morgan fingerprint density at radius 3 is 1.33 bits per heavy atom. The van der Waals surface area contributed by atoms with Crippen molar-refractivity contribution < 1.29 is 38.3 Å². The van der Waals surface area contributed by atoms with E-state index in [0.29, 0.717) is 0 Å². The molecule has 0 spiro atoms. The van der Waals surface area contributed by atoms with Gasteiger partial charge in [0, 0.05) is 0 Å². The predicted molar refractivity (Wildman–Crippen MR) is 68.4 cm³/mol. The average Bonchev–Trinajstić information content (AvgIpc) is 3.10. The van der Waals surface area contributed by atoms with Crippen LogP contribution >= 0.6 is 0 Å². The zero-order valence-electron chi connectivity index (χ0n) is 10.1. The van der Waals surface area contributed by atoms with Gasteiger partial charge < -0.3 is 12.4 Å². The van der Waals surface area contributed by atoms with E-state index in [1.807, 2.05) is 54.6 Å². The zero-order chi connectivity index (χ0) is 11.3. The summed E-state index contributed by atoms with van der Waals surface area (Å²) in [5.41, 5.74) is 0. The van der Waals surface area contributed by atoms with Gasteiger partial charge in [-0.05, 0) is 0 Å². The molecule has 0 heterocycles. The molecular formula is C16H15ClHf.